The summed E-state index contributed by atoms with van der Waals surface area (Å²) in [4.78, 5) is 21.9. The molecule has 134 valence electrons. The van der Waals surface area contributed by atoms with Gasteiger partial charge < -0.3 is 18.6 Å². The number of hydrogen-bond acceptors (Lipinski definition) is 5. The van der Waals surface area contributed by atoms with Gasteiger partial charge in [-0.2, -0.15) is 0 Å². The van der Waals surface area contributed by atoms with Crippen molar-refractivity contribution in [3.63, 3.8) is 0 Å². The van der Waals surface area contributed by atoms with Crippen molar-refractivity contribution >= 4 is 5.91 Å². The largest absolute Gasteiger partial charge is 0.459 e. The van der Waals surface area contributed by atoms with Crippen LogP contribution in [0.5, 0.6) is 0 Å². The number of morpholine rings is 1. The Labute approximate surface area is 147 Å². The molecule has 25 heavy (non-hydrogen) atoms. The number of carbonyl (C=O) groups excluding carboxylic acids is 1. The molecule has 0 radical (unpaired) electrons. The summed E-state index contributed by atoms with van der Waals surface area (Å²) in [6.45, 7) is 6.63. The van der Waals surface area contributed by atoms with Gasteiger partial charge in [0, 0.05) is 44.4 Å². The molecule has 2 aliphatic rings. The fraction of sp³-hybridized carbons (Fsp3) is 0.556. The molecule has 2 aliphatic heterocycles. The molecular weight excluding hydrogens is 320 g/mol. The Bertz CT molecular complexity index is 760. The molecule has 0 spiro atoms. The van der Waals surface area contributed by atoms with Crippen LogP contribution in [0.3, 0.4) is 0 Å². The van der Waals surface area contributed by atoms with Crippen LogP contribution in [-0.4, -0.2) is 64.1 Å². The van der Waals surface area contributed by atoms with Crippen LogP contribution in [0, 0.1) is 6.92 Å². The molecule has 0 N–H and O–H groups in total. The number of carbonyl (C=O) groups is 1. The lowest BCUT2D eigenvalue weighted by molar-refractivity contribution is 0.0180. The Morgan fingerprint density at radius 1 is 1.36 bits per heavy atom. The van der Waals surface area contributed by atoms with Crippen LogP contribution in [0.15, 0.2) is 23.1 Å². The first-order chi connectivity index (χ1) is 12.1. The number of amides is 1. The third-order valence-electron chi connectivity index (χ3n) is 5.23. The molecule has 1 unspecified atom stereocenters. The Balaban J connectivity index is 1.61. The van der Waals surface area contributed by atoms with E-state index in [1.54, 1.807) is 6.26 Å². The maximum absolute atomic E-state index is 13.1. The van der Waals surface area contributed by atoms with E-state index in [0.717, 1.165) is 50.5 Å². The van der Waals surface area contributed by atoms with Crippen molar-refractivity contribution in [1.29, 1.82) is 0 Å². The van der Waals surface area contributed by atoms with Crippen molar-refractivity contribution in [1.82, 2.24) is 19.4 Å². The molecule has 1 saturated heterocycles. The number of furan rings is 1. The first-order valence-corrected chi connectivity index (χ1v) is 8.77. The quantitative estimate of drug-likeness (QED) is 0.838. The van der Waals surface area contributed by atoms with Crippen molar-refractivity contribution in [3.05, 3.63) is 41.4 Å². The van der Waals surface area contributed by atoms with E-state index in [1.165, 1.54) is 5.69 Å². The van der Waals surface area contributed by atoms with E-state index < -0.39 is 0 Å². The molecule has 0 bridgehead atoms. The minimum absolute atomic E-state index is 0.0444. The van der Waals surface area contributed by atoms with Gasteiger partial charge in [0.15, 0.2) is 5.76 Å². The molecule has 7 heteroatoms. The third-order valence-corrected chi connectivity index (χ3v) is 5.23. The normalized spacial score (nSPS) is 21.4. The maximum Gasteiger partial charge on any atom is 0.290 e. The zero-order valence-electron chi connectivity index (χ0n) is 14.8. The van der Waals surface area contributed by atoms with Crippen LogP contribution in [0.25, 0.3) is 0 Å². The van der Waals surface area contributed by atoms with Gasteiger partial charge in [-0.25, -0.2) is 4.98 Å². The van der Waals surface area contributed by atoms with Crippen LogP contribution >= 0.6 is 0 Å². The summed E-state index contributed by atoms with van der Waals surface area (Å²) in [7, 11) is 2.02. The summed E-state index contributed by atoms with van der Waals surface area (Å²) in [5.74, 6) is 0.392. The second-order valence-electron chi connectivity index (χ2n) is 6.89. The maximum atomic E-state index is 13.1. The van der Waals surface area contributed by atoms with Gasteiger partial charge in [-0.3, -0.25) is 9.69 Å². The van der Waals surface area contributed by atoms with Crippen LogP contribution in [0.4, 0.5) is 0 Å². The number of ether oxygens (including phenoxy) is 1. The highest BCUT2D eigenvalue weighted by molar-refractivity contribution is 5.93. The average Bonchev–Trinajstić information content (AvgIpc) is 3.21. The van der Waals surface area contributed by atoms with Gasteiger partial charge in [0.2, 0.25) is 0 Å². The minimum atomic E-state index is -0.0444. The van der Waals surface area contributed by atoms with Crippen LogP contribution < -0.4 is 0 Å². The van der Waals surface area contributed by atoms with Crippen LogP contribution in [0.2, 0.25) is 0 Å². The molecule has 0 aliphatic carbocycles. The minimum Gasteiger partial charge on any atom is -0.459 e. The number of rotatable bonds is 3. The topological polar surface area (TPSA) is 63.7 Å². The molecule has 0 aromatic carbocycles. The molecule has 2 aromatic heterocycles. The fourth-order valence-electron chi connectivity index (χ4n) is 3.73. The van der Waals surface area contributed by atoms with E-state index in [2.05, 4.69) is 14.5 Å². The van der Waals surface area contributed by atoms with E-state index in [9.17, 15) is 4.79 Å². The predicted octanol–water partition coefficient (Wildman–Crippen LogP) is 1.22. The van der Waals surface area contributed by atoms with Gasteiger partial charge in [-0.15, -0.1) is 0 Å². The molecule has 4 heterocycles. The van der Waals surface area contributed by atoms with Gasteiger partial charge in [0.1, 0.15) is 0 Å². The highest BCUT2D eigenvalue weighted by Gasteiger charge is 2.35. The molecule has 0 saturated carbocycles. The van der Waals surface area contributed by atoms with Crippen molar-refractivity contribution in [2.75, 3.05) is 32.8 Å². The second-order valence-corrected chi connectivity index (χ2v) is 6.89. The van der Waals surface area contributed by atoms with E-state index >= 15 is 0 Å². The molecule has 7 nitrogen and oxygen atoms in total. The van der Waals surface area contributed by atoms with E-state index in [0.29, 0.717) is 12.3 Å². The standard InChI is InChI=1S/C18H24N4O3/c1-13-3-6-25-17(13)18(23)22-11-15-16(20(2)12-19-15)9-14(22)10-21-4-7-24-8-5-21/h3,6,12,14H,4-5,7-11H2,1-2H3. The molecule has 4 rings (SSSR count). The van der Waals surface area contributed by atoms with Gasteiger partial charge in [-0.05, 0) is 13.0 Å². The average molecular weight is 344 g/mol. The third kappa shape index (κ3) is 3.09. The smallest absolute Gasteiger partial charge is 0.290 e. The zero-order chi connectivity index (χ0) is 17.4. The molecule has 2 aromatic rings. The summed E-state index contributed by atoms with van der Waals surface area (Å²) < 4.78 is 13.0. The summed E-state index contributed by atoms with van der Waals surface area (Å²) in [5, 5.41) is 0. The number of aromatic nitrogens is 2. The van der Waals surface area contributed by atoms with Crippen LogP contribution in [0.1, 0.15) is 27.5 Å². The van der Waals surface area contributed by atoms with Gasteiger partial charge >= 0.3 is 0 Å². The molecule has 1 atom stereocenters. The van der Waals surface area contributed by atoms with E-state index in [1.807, 2.05) is 31.3 Å². The summed E-state index contributed by atoms with van der Waals surface area (Å²) >= 11 is 0. The van der Waals surface area contributed by atoms with Crippen LogP contribution in [-0.2, 0) is 24.8 Å². The first kappa shape index (κ1) is 16.4. The van der Waals surface area contributed by atoms with Gasteiger partial charge in [0.05, 0.1) is 44.1 Å². The van der Waals surface area contributed by atoms with Crippen molar-refractivity contribution < 1.29 is 13.9 Å². The summed E-state index contributed by atoms with van der Waals surface area (Å²) in [6.07, 6.45) is 4.23. The first-order valence-electron chi connectivity index (χ1n) is 8.77. The van der Waals surface area contributed by atoms with Crippen molar-refractivity contribution in [2.24, 2.45) is 7.05 Å². The van der Waals surface area contributed by atoms with Gasteiger partial charge in [0.25, 0.3) is 5.91 Å². The lowest BCUT2D eigenvalue weighted by Crippen LogP contribution is -2.52. The Kier molecular flexibility index (Phi) is 4.35. The number of nitrogens with zero attached hydrogens (tertiary/aromatic N) is 4. The summed E-state index contributed by atoms with van der Waals surface area (Å²) in [6, 6.07) is 1.94. The van der Waals surface area contributed by atoms with E-state index in [4.69, 9.17) is 9.15 Å². The molecular formula is C18H24N4O3. The molecule has 1 amide bonds. The highest BCUT2D eigenvalue weighted by Crippen LogP contribution is 2.26. The number of aryl methyl sites for hydroxylation is 2. The highest BCUT2D eigenvalue weighted by atomic mass is 16.5. The van der Waals surface area contributed by atoms with Gasteiger partial charge in [-0.1, -0.05) is 0 Å². The Morgan fingerprint density at radius 3 is 2.88 bits per heavy atom. The van der Waals surface area contributed by atoms with Crippen molar-refractivity contribution in [2.45, 2.75) is 25.9 Å². The zero-order valence-corrected chi connectivity index (χ0v) is 14.8. The monoisotopic (exact) mass is 344 g/mol. The lowest BCUT2D eigenvalue weighted by Gasteiger charge is -2.39. The predicted molar refractivity (Wildman–Crippen MR) is 91.3 cm³/mol. The molecule has 1 fully saturated rings. The van der Waals surface area contributed by atoms with E-state index in [-0.39, 0.29) is 11.9 Å². The Morgan fingerprint density at radius 2 is 2.16 bits per heavy atom. The number of imidazole rings is 1. The Hall–Kier alpha value is -2.12. The van der Waals surface area contributed by atoms with Crippen molar-refractivity contribution in [3.8, 4) is 0 Å². The number of hydrogen-bond donors (Lipinski definition) is 0. The SMILES string of the molecule is Cc1ccoc1C(=O)N1Cc2ncn(C)c2CC1CN1CCOCC1. The summed E-state index contributed by atoms with van der Waals surface area (Å²) in [5.41, 5.74) is 3.08. The second kappa shape index (κ2) is 6.65. The lowest BCUT2D eigenvalue weighted by atomic mass is 10.0. The fourth-order valence-corrected chi connectivity index (χ4v) is 3.73. The number of fused-ring (bicyclic) bond motifs is 1.